The Morgan fingerprint density at radius 1 is 1.09 bits per heavy atom. The van der Waals surface area contributed by atoms with Gasteiger partial charge in [-0.15, -0.1) is 0 Å². The van der Waals surface area contributed by atoms with E-state index in [2.05, 4.69) is 9.97 Å². The molecule has 1 heterocycles. The minimum absolute atomic E-state index is 0.0296. The lowest BCUT2D eigenvalue weighted by Gasteiger charge is -2.14. The van der Waals surface area contributed by atoms with Crippen molar-refractivity contribution in [3.8, 4) is 17.0 Å². The van der Waals surface area contributed by atoms with Gasteiger partial charge < -0.3 is 10.5 Å². The predicted octanol–water partition coefficient (Wildman–Crippen LogP) is 4.20. The maximum Gasteiger partial charge on any atom is 0.226 e. The molecule has 0 aliphatic rings. The molecule has 0 spiro atoms. The normalized spacial score (nSPS) is 12.3. The summed E-state index contributed by atoms with van der Waals surface area (Å²) >= 11 is 0. The van der Waals surface area contributed by atoms with Crippen LogP contribution >= 0.6 is 0 Å². The highest BCUT2D eigenvalue weighted by Gasteiger charge is 2.12. The van der Waals surface area contributed by atoms with Crippen LogP contribution in [-0.4, -0.2) is 16.1 Å². The number of hydrogen-bond acceptors (Lipinski definition) is 4. The molecule has 1 atom stereocenters. The van der Waals surface area contributed by atoms with E-state index in [1.54, 1.807) is 12.1 Å². The molecule has 23 heavy (non-hydrogen) atoms. The van der Waals surface area contributed by atoms with Crippen LogP contribution in [0.15, 0.2) is 42.5 Å². The summed E-state index contributed by atoms with van der Waals surface area (Å²) in [6.07, 6.45) is 0.894. The van der Waals surface area contributed by atoms with Crippen molar-refractivity contribution in [2.45, 2.75) is 26.4 Å². The molecule has 5 heteroatoms. The zero-order valence-electron chi connectivity index (χ0n) is 13.1. The molecule has 4 nitrogen and oxygen atoms in total. The molecule has 0 saturated carbocycles. The smallest absolute Gasteiger partial charge is 0.226 e. The van der Waals surface area contributed by atoms with Crippen molar-refractivity contribution in [3.05, 3.63) is 48.3 Å². The van der Waals surface area contributed by atoms with Gasteiger partial charge in [-0.25, -0.2) is 9.37 Å². The van der Waals surface area contributed by atoms with E-state index in [-0.39, 0.29) is 17.9 Å². The van der Waals surface area contributed by atoms with Crippen LogP contribution in [0.2, 0.25) is 0 Å². The van der Waals surface area contributed by atoms with Gasteiger partial charge in [-0.2, -0.15) is 4.98 Å². The Hall–Kier alpha value is -2.69. The van der Waals surface area contributed by atoms with Crippen LogP contribution in [0.1, 0.15) is 20.3 Å². The van der Waals surface area contributed by atoms with Gasteiger partial charge in [0, 0.05) is 0 Å². The summed E-state index contributed by atoms with van der Waals surface area (Å²) in [5.74, 6) is 0.405. The monoisotopic (exact) mass is 311 g/mol. The van der Waals surface area contributed by atoms with Gasteiger partial charge in [-0.1, -0.05) is 25.1 Å². The summed E-state index contributed by atoms with van der Waals surface area (Å²) in [5, 5.41) is 0.793. The van der Waals surface area contributed by atoms with Crippen LogP contribution in [0.25, 0.3) is 22.0 Å². The molecule has 3 rings (SSSR count). The van der Waals surface area contributed by atoms with Crippen LogP contribution in [0.4, 0.5) is 10.3 Å². The number of ether oxygens (including phenoxy) is 1. The SMILES string of the molecule is CCC(C)Oc1nc(N)nc2ccc(-c3ccc(F)cc3)cc12. The van der Waals surface area contributed by atoms with Gasteiger partial charge in [0.1, 0.15) is 5.82 Å². The fraction of sp³-hybridized carbons (Fsp3) is 0.222. The van der Waals surface area contributed by atoms with E-state index in [4.69, 9.17) is 10.5 Å². The molecule has 2 N–H and O–H groups in total. The molecule has 2 aromatic carbocycles. The van der Waals surface area contributed by atoms with E-state index in [1.807, 2.05) is 32.0 Å². The number of nitrogens with zero attached hydrogens (tertiary/aromatic N) is 2. The Bertz CT molecular complexity index is 834. The van der Waals surface area contributed by atoms with Crippen LogP contribution in [-0.2, 0) is 0 Å². The molecule has 0 saturated heterocycles. The minimum Gasteiger partial charge on any atom is -0.474 e. The Morgan fingerprint density at radius 2 is 1.78 bits per heavy atom. The molecule has 118 valence electrons. The van der Waals surface area contributed by atoms with Crippen molar-refractivity contribution in [2.24, 2.45) is 0 Å². The Kier molecular flexibility index (Phi) is 4.10. The Balaban J connectivity index is 2.11. The van der Waals surface area contributed by atoms with Gasteiger partial charge in [-0.05, 0) is 48.7 Å². The number of benzene rings is 2. The first-order valence-electron chi connectivity index (χ1n) is 7.56. The molecule has 1 aromatic heterocycles. The number of hydrogen-bond donors (Lipinski definition) is 1. The summed E-state index contributed by atoms with van der Waals surface area (Å²) in [6, 6.07) is 12.1. The first-order chi connectivity index (χ1) is 11.1. The molecular weight excluding hydrogens is 293 g/mol. The summed E-state index contributed by atoms with van der Waals surface area (Å²) in [7, 11) is 0. The largest absolute Gasteiger partial charge is 0.474 e. The maximum atomic E-state index is 13.1. The quantitative estimate of drug-likeness (QED) is 0.784. The molecule has 0 radical (unpaired) electrons. The molecule has 0 aliphatic heterocycles. The van der Waals surface area contributed by atoms with Gasteiger partial charge in [-0.3, -0.25) is 0 Å². The zero-order chi connectivity index (χ0) is 16.4. The molecule has 0 amide bonds. The van der Waals surface area contributed by atoms with Crippen molar-refractivity contribution in [3.63, 3.8) is 0 Å². The molecule has 0 fully saturated rings. The van der Waals surface area contributed by atoms with E-state index < -0.39 is 0 Å². The zero-order valence-corrected chi connectivity index (χ0v) is 13.1. The second-order valence-corrected chi connectivity index (χ2v) is 5.46. The van der Waals surface area contributed by atoms with Gasteiger partial charge in [0.2, 0.25) is 11.8 Å². The van der Waals surface area contributed by atoms with Crippen molar-refractivity contribution in [1.29, 1.82) is 0 Å². The lowest BCUT2D eigenvalue weighted by Crippen LogP contribution is -2.12. The number of rotatable bonds is 4. The lowest BCUT2D eigenvalue weighted by molar-refractivity contribution is 0.212. The molecule has 0 bridgehead atoms. The average Bonchev–Trinajstić information content (AvgIpc) is 2.55. The van der Waals surface area contributed by atoms with Gasteiger partial charge in [0.25, 0.3) is 0 Å². The summed E-state index contributed by atoms with van der Waals surface area (Å²) in [6.45, 7) is 4.02. The summed E-state index contributed by atoms with van der Waals surface area (Å²) < 4.78 is 19.0. The van der Waals surface area contributed by atoms with E-state index in [0.717, 1.165) is 28.5 Å². The van der Waals surface area contributed by atoms with E-state index in [1.165, 1.54) is 12.1 Å². The third-order valence-electron chi connectivity index (χ3n) is 3.74. The highest BCUT2D eigenvalue weighted by molar-refractivity contribution is 5.89. The van der Waals surface area contributed by atoms with Crippen LogP contribution in [0.3, 0.4) is 0 Å². The molecular formula is C18H18FN3O. The average molecular weight is 311 g/mol. The van der Waals surface area contributed by atoms with E-state index >= 15 is 0 Å². The van der Waals surface area contributed by atoms with E-state index in [0.29, 0.717) is 5.88 Å². The first kappa shape index (κ1) is 15.2. The fourth-order valence-corrected chi connectivity index (χ4v) is 2.30. The van der Waals surface area contributed by atoms with Crippen molar-refractivity contribution >= 4 is 16.9 Å². The number of nitrogens with two attached hydrogens (primary N) is 1. The number of anilines is 1. The Morgan fingerprint density at radius 3 is 2.48 bits per heavy atom. The fourth-order valence-electron chi connectivity index (χ4n) is 2.30. The van der Waals surface area contributed by atoms with Gasteiger partial charge in [0.15, 0.2) is 0 Å². The maximum absolute atomic E-state index is 13.1. The van der Waals surface area contributed by atoms with Crippen LogP contribution < -0.4 is 10.5 Å². The first-order valence-corrected chi connectivity index (χ1v) is 7.56. The number of halogens is 1. The van der Waals surface area contributed by atoms with E-state index in [9.17, 15) is 4.39 Å². The van der Waals surface area contributed by atoms with Crippen molar-refractivity contribution < 1.29 is 9.13 Å². The predicted molar refractivity (Wildman–Crippen MR) is 89.7 cm³/mol. The van der Waals surface area contributed by atoms with Crippen LogP contribution in [0.5, 0.6) is 5.88 Å². The number of aromatic nitrogens is 2. The highest BCUT2D eigenvalue weighted by Crippen LogP contribution is 2.30. The molecule has 3 aromatic rings. The third-order valence-corrected chi connectivity index (χ3v) is 3.74. The topological polar surface area (TPSA) is 61.0 Å². The summed E-state index contributed by atoms with van der Waals surface area (Å²) in [5.41, 5.74) is 8.35. The van der Waals surface area contributed by atoms with Crippen molar-refractivity contribution in [1.82, 2.24) is 9.97 Å². The second kappa shape index (κ2) is 6.20. The standard InChI is InChI=1S/C18H18FN3O/c1-3-11(2)23-17-15-10-13(12-4-7-14(19)8-5-12)6-9-16(15)21-18(20)22-17/h4-11H,3H2,1-2H3,(H2,20,21,22). The number of nitrogen functional groups attached to an aromatic ring is 1. The van der Waals surface area contributed by atoms with Crippen molar-refractivity contribution in [2.75, 3.05) is 5.73 Å². The highest BCUT2D eigenvalue weighted by atomic mass is 19.1. The van der Waals surface area contributed by atoms with Gasteiger partial charge >= 0.3 is 0 Å². The second-order valence-electron chi connectivity index (χ2n) is 5.46. The number of fused-ring (bicyclic) bond motifs is 1. The summed E-state index contributed by atoms with van der Waals surface area (Å²) in [4.78, 5) is 8.47. The minimum atomic E-state index is -0.258. The molecule has 0 aliphatic carbocycles. The third kappa shape index (κ3) is 3.23. The lowest BCUT2D eigenvalue weighted by atomic mass is 10.0. The van der Waals surface area contributed by atoms with Gasteiger partial charge in [0.05, 0.1) is 17.0 Å². The van der Waals surface area contributed by atoms with Crippen LogP contribution in [0, 0.1) is 5.82 Å². The molecule has 1 unspecified atom stereocenters. The Labute approximate surface area is 134 Å².